The van der Waals surface area contributed by atoms with Crippen LogP contribution in [0.25, 0.3) is 17.4 Å². The molecule has 5 nitrogen and oxygen atoms in total. The van der Waals surface area contributed by atoms with Crippen molar-refractivity contribution in [3.63, 3.8) is 0 Å². The fourth-order valence-electron chi connectivity index (χ4n) is 2.21. The molecule has 0 saturated heterocycles. The molecule has 0 atom stereocenters. The minimum Gasteiger partial charge on any atom is -0.467 e. The second-order valence-corrected chi connectivity index (χ2v) is 6.66. The van der Waals surface area contributed by atoms with Gasteiger partial charge in [0.05, 0.1) is 17.8 Å². The van der Waals surface area contributed by atoms with E-state index in [9.17, 15) is 4.79 Å². The van der Waals surface area contributed by atoms with Crippen LogP contribution in [0.15, 0.2) is 63.6 Å². The molecule has 0 spiro atoms. The van der Waals surface area contributed by atoms with E-state index in [1.807, 2.05) is 0 Å². The van der Waals surface area contributed by atoms with Crippen molar-refractivity contribution >= 4 is 52.5 Å². The predicted molar refractivity (Wildman–Crippen MR) is 109 cm³/mol. The Labute approximate surface area is 170 Å². The number of carbonyl (C=O) groups excluding carboxylic acids is 1. The Morgan fingerprint density at radius 3 is 2.78 bits per heavy atom. The number of amides is 1. The van der Waals surface area contributed by atoms with E-state index < -0.39 is 0 Å². The van der Waals surface area contributed by atoms with Gasteiger partial charge >= 0.3 is 0 Å². The quantitative estimate of drug-likeness (QED) is 0.446. The summed E-state index contributed by atoms with van der Waals surface area (Å²) in [6.45, 7) is 0.388. The lowest BCUT2D eigenvalue weighted by atomic mass is 10.2. The topological polar surface area (TPSA) is 67.4 Å². The average Bonchev–Trinajstić information content (AvgIpc) is 3.30. The zero-order valence-electron chi connectivity index (χ0n) is 13.9. The Morgan fingerprint density at radius 2 is 2.04 bits per heavy atom. The van der Waals surface area contributed by atoms with Crippen molar-refractivity contribution in [3.8, 4) is 11.3 Å². The molecule has 138 valence electrons. The molecule has 0 bridgehead atoms. The fourth-order valence-corrected chi connectivity index (χ4v) is 2.89. The minimum atomic E-state index is -0.380. The van der Waals surface area contributed by atoms with E-state index in [0.717, 1.165) is 0 Å². The number of nitrogens with one attached hydrogen (secondary N) is 2. The first-order valence-corrected chi connectivity index (χ1v) is 9.02. The molecule has 0 saturated carbocycles. The molecule has 3 rings (SSSR count). The van der Waals surface area contributed by atoms with Crippen LogP contribution in [0, 0.1) is 0 Å². The number of halogens is 2. The van der Waals surface area contributed by atoms with Crippen LogP contribution in [0.4, 0.5) is 0 Å². The van der Waals surface area contributed by atoms with Crippen molar-refractivity contribution in [1.29, 1.82) is 0 Å². The Kier molecular flexibility index (Phi) is 6.34. The maximum atomic E-state index is 11.9. The van der Waals surface area contributed by atoms with Crippen molar-refractivity contribution < 1.29 is 13.6 Å². The minimum absolute atomic E-state index is 0.203. The highest BCUT2D eigenvalue weighted by molar-refractivity contribution is 7.80. The Balaban J connectivity index is 1.55. The first kappa shape index (κ1) is 19.2. The van der Waals surface area contributed by atoms with Gasteiger partial charge in [0, 0.05) is 16.7 Å². The fraction of sp³-hybridized carbons (Fsp3) is 0.0526. The van der Waals surface area contributed by atoms with Gasteiger partial charge in [0.25, 0.3) is 0 Å². The normalized spacial score (nSPS) is 10.9. The van der Waals surface area contributed by atoms with E-state index in [1.54, 1.807) is 48.7 Å². The highest BCUT2D eigenvalue weighted by Crippen LogP contribution is 2.31. The summed E-state index contributed by atoms with van der Waals surface area (Å²) in [5.74, 6) is 1.41. The SMILES string of the molecule is O=C(/C=C/c1ccc(-c2ccc(Cl)cc2Cl)o1)NC(=S)NCc1ccco1. The summed E-state index contributed by atoms with van der Waals surface area (Å²) in [5, 5.41) is 6.65. The molecule has 0 fully saturated rings. The van der Waals surface area contributed by atoms with Crippen molar-refractivity contribution in [2.24, 2.45) is 0 Å². The van der Waals surface area contributed by atoms with Gasteiger partial charge in [-0.05, 0) is 60.8 Å². The Hall–Kier alpha value is -2.54. The van der Waals surface area contributed by atoms with Crippen LogP contribution < -0.4 is 10.6 Å². The summed E-state index contributed by atoms with van der Waals surface area (Å²) >= 11 is 17.1. The number of thiocarbonyl (C=S) groups is 1. The van der Waals surface area contributed by atoms with Crippen LogP contribution >= 0.6 is 35.4 Å². The van der Waals surface area contributed by atoms with Crippen LogP contribution in [-0.4, -0.2) is 11.0 Å². The molecule has 0 aliphatic heterocycles. The van der Waals surface area contributed by atoms with Gasteiger partial charge in [-0.25, -0.2) is 0 Å². The molecule has 0 radical (unpaired) electrons. The highest BCUT2D eigenvalue weighted by Gasteiger charge is 2.09. The Morgan fingerprint density at radius 1 is 1.19 bits per heavy atom. The standard InChI is InChI=1S/C19H14Cl2N2O3S/c20-12-3-6-15(16(21)10-12)17-7-4-13(26-17)5-8-18(24)23-19(27)22-11-14-2-1-9-25-14/h1-10H,11H2,(H2,22,23,24,27)/b8-5+. The summed E-state index contributed by atoms with van der Waals surface area (Å²) in [4.78, 5) is 11.9. The third-order valence-corrected chi connectivity index (χ3v) is 4.26. The number of furan rings is 2. The highest BCUT2D eigenvalue weighted by atomic mass is 35.5. The van der Waals surface area contributed by atoms with Gasteiger partial charge in [0.2, 0.25) is 5.91 Å². The first-order valence-electron chi connectivity index (χ1n) is 7.86. The van der Waals surface area contributed by atoms with Gasteiger partial charge in [-0.3, -0.25) is 10.1 Å². The predicted octanol–water partition coefficient (Wildman–Crippen LogP) is 5.05. The van der Waals surface area contributed by atoms with Crippen molar-refractivity contribution in [1.82, 2.24) is 10.6 Å². The summed E-state index contributed by atoms with van der Waals surface area (Å²) in [6, 6.07) is 12.2. The lowest BCUT2D eigenvalue weighted by Crippen LogP contribution is -2.37. The lowest BCUT2D eigenvalue weighted by Gasteiger charge is -2.05. The number of carbonyl (C=O) groups is 1. The molecule has 2 heterocycles. The summed E-state index contributed by atoms with van der Waals surface area (Å²) in [6.07, 6.45) is 4.43. The summed E-state index contributed by atoms with van der Waals surface area (Å²) in [7, 11) is 0. The van der Waals surface area contributed by atoms with Crippen molar-refractivity contribution in [3.05, 3.63) is 76.4 Å². The third kappa shape index (κ3) is 5.47. The van der Waals surface area contributed by atoms with Crippen molar-refractivity contribution in [2.45, 2.75) is 6.54 Å². The molecule has 0 unspecified atom stereocenters. The molecule has 3 aromatic rings. The third-order valence-electron chi connectivity index (χ3n) is 3.46. The molecule has 2 N–H and O–H groups in total. The van der Waals surface area contributed by atoms with Gasteiger partial charge in [-0.1, -0.05) is 23.2 Å². The molecule has 0 aliphatic rings. The molecule has 1 aromatic carbocycles. The van der Waals surface area contributed by atoms with Gasteiger partial charge in [0.15, 0.2) is 5.11 Å². The summed E-state index contributed by atoms with van der Waals surface area (Å²) in [5.41, 5.74) is 0.716. The van der Waals surface area contributed by atoms with Gasteiger partial charge in [-0.2, -0.15) is 0 Å². The van der Waals surface area contributed by atoms with E-state index in [4.69, 9.17) is 44.3 Å². The molecule has 8 heteroatoms. The van der Waals surface area contributed by atoms with Gasteiger partial charge in [-0.15, -0.1) is 0 Å². The zero-order valence-corrected chi connectivity index (χ0v) is 16.2. The maximum Gasteiger partial charge on any atom is 0.250 e. The largest absolute Gasteiger partial charge is 0.467 e. The van der Waals surface area contributed by atoms with Gasteiger partial charge in [0.1, 0.15) is 17.3 Å². The van der Waals surface area contributed by atoms with Crippen molar-refractivity contribution in [2.75, 3.05) is 0 Å². The maximum absolute atomic E-state index is 11.9. The van der Waals surface area contributed by atoms with E-state index in [0.29, 0.717) is 39.4 Å². The first-order chi connectivity index (χ1) is 13.0. The van der Waals surface area contributed by atoms with E-state index in [1.165, 1.54) is 12.2 Å². The van der Waals surface area contributed by atoms with Crippen LogP contribution in [0.5, 0.6) is 0 Å². The molecule has 1 amide bonds. The molecule has 27 heavy (non-hydrogen) atoms. The van der Waals surface area contributed by atoms with Crippen LogP contribution in [-0.2, 0) is 11.3 Å². The van der Waals surface area contributed by atoms with Gasteiger partial charge < -0.3 is 14.2 Å². The monoisotopic (exact) mass is 420 g/mol. The zero-order chi connectivity index (χ0) is 19.2. The number of hydrogen-bond acceptors (Lipinski definition) is 4. The second kappa shape index (κ2) is 8.90. The van der Waals surface area contributed by atoms with Crippen LogP contribution in [0.1, 0.15) is 11.5 Å². The second-order valence-electron chi connectivity index (χ2n) is 5.41. The average molecular weight is 421 g/mol. The number of benzene rings is 1. The molecule has 2 aromatic heterocycles. The Bertz CT molecular complexity index is 981. The van der Waals surface area contributed by atoms with Crippen LogP contribution in [0.3, 0.4) is 0 Å². The lowest BCUT2D eigenvalue weighted by molar-refractivity contribution is -0.115. The number of hydrogen-bond donors (Lipinski definition) is 2. The molecular weight excluding hydrogens is 407 g/mol. The number of rotatable bonds is 5. The molecule has 0 aliphatic carbocycles. The van der Waals surface area contributed by atoms with E-state index >= 15 is 0 Å². The van der Waals surface area contributed by atoms with E-state index in [2.05, 4.69) is 10.6 Å². The molecular formula is C19H14Cl2N2O3S. The smallest absolute Gasteiger partial charge is 0.250 e. The summed E-state index contributed by atoms with van der Waals surface area (Å²) < 4.78 is 10.9. The van der Waals surface area contributed by atoms with E-state index in [-0.39, 0.29) is 11.0 Å². The van der Waals surface area contributed by atoms with Crippen LogP contribution in [0.2, 0.25) is 10.0 Å².